The summed E-state index contributed by atoms with van der Waals surface area (Å²) in [5, 5.41) is 2.58. The van der Waals surface area contributed by atoms with Crippen molar-refractivity contribution in [3.63, 3.8) is 0 Å². The number of carbonyl (C=O) groups excluding carboxylic acids is 1. The summed E-state index contributed by atoms with van der Waals surface area (Å²) in [6, 6.07) is 9.36. The van der Waals surface area contributed by atoms with Crippen LogP contribution in [0.3, 0.4) is 0 Å². The molecule has 29 heavy (non-hydrogen) atoms. The van der Waals surface area contributed by atoms with Gasteiger partial charge in [0.05, 0.1) is 0 Å². The molecule has 0 aliphatic carbocycles. The lowest BCUT2D eigenvalue weighted by Gasteiger charge is -2.22. The Morgan fingerprint density at radius 2 is 1.69 bits per heavy atom. The van der Waals surface area contributed by atoms with E-state index in [2.05, 4.69) is 14.8 Å². The Morgan fingerprint density at radius 3 is 2.24 bits per heavy atom. The maximum Gasteiger partial charge on any atom is 0.387 e. The molecule has 0 unspecified atom stereocenters. The summed E-state index contributed by atoms with van der Waals surface area (Å²) in [4.78, 5) is 12.0. The Morgan fingerprint density at radius 1 is 1.07 bits per heavy atom. The molecule has 2 N–H and O–H groups in total. The second-order valence-corrected chi connectivity index (χ2v) is 8.20. The largest absolute Gasteiger partial charge is 0.435 e. The van der Waals surface area contributed by atoms with Crippen LogP contribution in [0.5, 0.6) is 5.75 Å². The zero-order chi connectivity index (χ0) is 21.6. The minimum Gasteiger partial charge on any atom is -0.435 e. The maximum atomic E-state index is 13.8. The van der Waals surface area contributed by atoms with Crippen LogP contribution in [0.4, 0.5) is 13.2 Å². The maximum absolute atomic E-state index is 13.8. The Kier molecular flexibility index (Phi) is 7.63. The lowest BCUT2D eigenvalue weighted by Crippen LogP contribution is -2.49. The Balaban J connectivity index is 2.05. The van der Waals surface area contributed by atoms with Gasteiger partial charge in [-0.05, 0) is 35.7 Å². The minimum absolute atomic E-state index is 0.0206. The molecule has 1 amide bonds. The van der Waals surface area contributed by atoms with Gasteiger partial charge in [-0.3, -0.25) is 4.79 Å². The first-order chi connectivity index (χ1) is 13.6. The lowest BCUT2D eigenvalue weighted by molar-refractivity contribution is -0.123. The quantitative estimate of drug-likeness (QED) is 0.641. The van der Waals surface area contributed by atoms with Crippen molar-refractivity contribution in [1.29, 1.82) is 0 Å². The second-order valence-electron chi connectivity index (χ2n) is 6.51. The highest BCUT2D eigenvalue weighted by molar-refractivity contribution is 7.89. The van der Waals surface area contributed by atoms with E-state index in [0.29, 0.717) is 5.56 Å². The number of sulfonamides is 1. The van der Waals surface area contributed by atoms with E-state index in [4.69, 9.17) is 0 Å². The Hall–Kier alpha value is -2.59. The minimum atomic E-state index is -4.25. The van der Waals surface area contributed by atoms with Crippen molar-refractivity contribution in [3.8, 4) is 5.75 Å². The van der Waals surface area contributed by atoms with Gasteiger partial charge in [0.2, 0.25) is 15.9 Å². The standard InChI is InChI=1S/C19H21F3N2O4S/c1-12(2)17(24-29(26,27)16-6-4-3-5-15(16)20)18(25)23-11-13-7-9-14(10-8-13)28-19(21)22/h3-10,12,17,19,24H,11H2,1-2H3,(H,23,25)/t17-/m0/s1. The van der Waals surface area contributed by atoms with E-state index in [1.165, 1.54) is 36.4 Å². The fraction of sp³-hybridized carbons (Fsp3) is 0.316. The van der Waals surface area contributed by atoms with Gasteiger partial charge in [0.25, 0.3) is 0 Å². The highest BCUT2D eigenvalue weighted by Gasteiger charge is 2.29. The summed E-state index contributed by atoms with van der Waals surface area (Å²) in [7, 11) is -4.25. The summed E-state index contributed by atoms with van der Waals surface area (Å²) in [5.74, 6) is -1.96. The third-order valence-electron chi connectivity index (χ3n) is 3.97. The molecular weight excluding hydrogens is 409 g/mol. The molecule has 10 heteroatoms. The highest BCUT2D eigenvalue weighted by atomic mass is 32.2. The molecule has 158 valence electrons. The summed E-state index contributed by atoms with van der Waals surface area (Å²) in [6.07, 6.45) is 0. The first-order valence-corrected chi connectivity index (χ1v) is 10.2. The summed E-state index contributed by atoms with van der Waals surface area (Å²) in [5.41, 5.74) is 0.597. The predicted octanol–water partition coefficient (Wildman–Crippen LogP) is 3.05. The highest BCUT2D eigenvalue weighted by Crippen LogP contribution is 2.17. The predicted molar refractivity (Wildman–Crippen MR) is 100 cm³/mol. The number of amides is 1. The zero-order valence-corrected chi connectivity index (χ0v) is 16.5. The number of carbonyl (C=O) groups is 1. The van der Waals surface area contributed by atoms with Crippen molar-refractivity contribution in [2.45, 2.75) is 37.9 Å². The number of halogens is 3. The Labute approximate surface area is 167 Å². The van der Waals surface area contributed by atoms with E-state index in [9.17, 15) is 26.4 Å². The number of hydrogen-bond donors (Lipinski definition) is 2. The first-order valence-electron chi connectivity index (χ1n) is 8.68. The van der Waals surface area contributed by atoms with Crippen LogP contribution in [0, 0.1) is 11.7 Å². The van der Waals surface area contributed by atoms with E-state index in [1.54, 1.807) is 13.8 Å². The number of benzene rings is 2. The Bertz CT molecular complexity index is 935. The summed E-state index contributed by atoms with van der Waals surface area (Å²) >= 11 is 0. The molecule has 2 aromatic carbocycles. The van der Waals surface area contributed by atoms with Gasteiger partial charge < -0.3 is 10.1 Å². The smallest absolute Gasteiger partial charge is 0.387 e. The molecule has 0 saturated heterocycles. The van der Waals surface area contributed by atoms with Crippen molar-refractivity contribution >= 4 is 15.9 Å². The monoisotopic (exact) mass is 430 g/mol. The topological polar surface area (TPSA) is 84.5 Å². The van der Waals surface area contributed by atoms with Crippen LogP contribution >= 0.6 is 0 Å². The van der Waals surface area contributed by atoms with Crippen molar-refractivity contribution < 1.29 is 31.1 Å². The number of hydrogen-bond acceptors (Lipinski definition) is 4. The SMILES string of the molecule is CC(C)[C@H](NS(=O)(=O)c1ccccc1F)C(=O)NCc1ccc(OC(F)F)cc1. The fourth-order valence-electron chi connectivity index (χ4n) is 2.47. The molecule has 0 aliphatic rings. The molecule has 0 spiro atoms. The molecule has 0 heterocycles. The number of alkyl halides is 2. The fourth-order valence-corrected chi connectivity index (χ4v) is 3.90. The average molecular weight is 430 g/mol. The summed E-state index contributed by atoms with van der Waals surface area (Å²) in [6.45, 7) is 0.392. The van der Waals surface area contributed by atoms with Gasteiger partial charge in [0.15, 0.2) is 0 Å². The normalized spacial score (nSPS) is 12.8. The second kappa shape index (κ2) is 9.75. The number of nitrogens with one attached hydrogen (secondary N) is 2. The van der Waals surface area contributed by atoms with Crippen LogP contribution in [0.2, 0.25) is 0 Å². The number of ether oxygens (including phenoxy) is 1. The van der Waals surface area contributed by atoms with Gasteiger partial charge >= 0.3 is 6.61 Å². The van der Waals surface area contributed by atoms with Gasteiger partial charge in [0.1, 0.15) is 22.5 Å². The van der Waals surface area contributed by atoms with Crippen LogP contribution in [0.15, 0.2) is 53.4 Å². The molecule has 2 rings (SSSR count). The van der Waals surface area contributed by atoms with Gasteiger partial charge in [0, 0.05) is 6.54 Å². The van der Waals surface area contributed by atoms with Crippen LogP contribution < -0.4 is 14.8 Å². The van der Waals surface area contributed by atoms with Crippen LogP contribution in [0.1, 0.15) is 19.4 Å². The molecule has 0 radical (unpaired) electrons. The third kappa shape index (κ3) is 6.47. The third-order valence-corrected chi connectivity index (χ3v) is 5.45. The molecule has 0 aromatic heterocycles. The molecule has 1 atom stereocenters. The van der Waals surface area contributed by atoms with E-state index >= 15 is 0 Å². The lowest BCUT2D eigenvalue weighted by atomic mass is 10.0. The molecule has 0 saturated carbocycles. The van der Waals surface area contributed by atoms with Crippen LogP contribution in [0.25, 0.3) is 0 Å². The van der Waals surface area contributed by atoms with Crippen molar-refractivity contribution in [2.24, 2.45) is 5.92 Å². The van der Waals surface area contributed by atoms with Crippen molar-refractivity contribution in [1.82, 2.24) is 10.0 Å². The van der Waals surface area contributed by atoms with Gasteiger partial charge in [-0.2, -0.15) is 13.5 Å². The van der Waals surface area contributed by atoms with Gasteiger partial charge in [-0.15, -0.1) is 0 Å². The van der Waals surface area contributed by atoms with Gasteiger partial charge in [-0.1, -0.05) is 38.1 Å². The molecule has 2 aromatic rings. The van der Waals surface area contributed by atoms with Crippen LogP contribution in [-0.2, 0) is 21.4 Å². The molecule has 0 fully saturated rings. The van der Waals surface area contributed by atoms with Crippen LogP contribution in [-0.4, -0.2) is 27.0 Å². The molecule has 6 nitrogen and oxygen atoms in total. The van der Waals surface area contributed by atoms with Crippen molar-refractivity contribution in [2.75, 3.05) is 0 Å². The first kappa shape index (κ1) is 22.7. The van der Waals surface area contributed by atoms with Gasteiger partial charge in [-0.25, -0.2) is 12.8 Å². The zero-order valence-electron chi connectivity index (χ0n) is 15.7. The van der Waals surface area contributed by atoms with E-state index in [0.717, 1.165) is 12.1 Å². The van der Waals surface area contributed by atoms with Crippen molar-refractivity contribution in [3.05, 3.63) is 59.9 Å². The van der Waals surface area contributed by atoms with E-state index < -0.39 is 45.2 Å². The molecular formula is C19H21F3N2O4S. The molecule has 0 bridgehead atoms. The summed E-state index contributed by atoms with van der Waals surface area (Å²) < 4.78 is 69.6. The average Bonchev–Trinajstić information content (AvgIpc) is 2.65. The van der Waals surface area contributed by atoms with E-state index in [-0.39, 0.29) is 12.3 Å². The number of rotatable bonds is 9. The van der Waals surface area contributed by atoms with E-state index in [1.807, 2.05) is 0 Å². The molecule has 0 aliphatic heterocycles.